The summed E-state index contributed by atoms with van der Waals surface area (Å²) in [5.41, 5.74) is 1.84. The summed E-state index contributed by atoms with van der Waals surface area (Å²) in [5.74, 6) is 3.53. The zero-order valence-electron chi connectivity index (χ0n) is 18.1. The zero-order valence-corrected chi connectivity index (χ0v) is 18.1. The zero-order chi connectivity index (χ0) is 21.8. The molecule has 4 rings (SSSR count). The summed E-state index contributed by atoms with van der Waals surface area (Å²) < 4.78 is 27.1. The molecule has 3 heterocycles. The Labute approximate surface area is 180 Å². The van der Waals surface area contributed by atoms with Gasteiger partial charge in [0.05, 0.1) is 34.5 Å². The molecule has 164 valence electrons. The highest BCUT2D eigenvalue weighted by atomic mass is 16.5. The van der Waals surface area contributed by atoms with Crippen LogP contribution in [-0.4, -0.2) is 55.0 Å². The Morgan fingerprint density at radius 1 is 1.03 bits per heavy atom. The van der Waals surface area contributed by atoms with E-state index in [0.717, 1.165) is 30.5 Å². The number of hydrogen-bond donors (Lipinski definition) is 0. The molecule has 9 nitrogen and oxygen atoms in total. The molecule has 0 amide bonds. The van der Waals surface area contributed by atoms with Gasteiger partial charge in [0.15, 0.2) is 11.5 Å². The second-order valence-electron chi connectivity index (χ2n) is 7.21. The summed E-state index contributed by atoms with van der Waals surface area (Å²) in [4.78, 5) is 11.2. The van der Waals surface area contributed by atoms with Crippen molar-refractivity contribution >= 4 is 0 Å². The molecule has 9 heteroatoms. The first kappa shape index (κ1) is 20.9. The first-order valence-corrected chi connectivity index (χ1v) is 10.0. The molecule has 1 aliphatic heterocycles. The Balaban J connectivity index is 1.54. The third-order valence-electron chi connectivity index (χ3n) is 5.40. The van der Waals surface area contributed by atoms with Crippen LogP contribution in [0.3, 0.4) is 0 Å². The van der Waals surface area contributed by atoms with Crippen LogP contribution in [0.25, 0.3) is 11.4 Å². The largest absolute Gasteiger partial charge is 0.493 e. The van der Waals surface area contributed by atoms with E-state index in [-0.39, 0.29) is 6.04 Å². The second-order valence-corrected chi connectivity index (χ2v) is 7.21. The molecule has 0 saturated carbocycles. The third kappa shape index (κ3) is 4.27. The van der Waals surface area contributed by atoms with Crippen molar-refractivity contribution in [1.82, 2.24) is 20.0 Å². The molecular weight excluding hydrogens is 400 g/mol. The van der Waals surface area contributed by atoms with Gasteiger partial charge in [0, 0.05) is 24.4 Å². The van der Waals surface area contributed by atoms with Crippen LogP contribution in [0.5, 0.6) is 23.1 Å². The lowest BCUT2D eigenvalue weighted by molar-refractivity contribution is 0.200. The number of methoxy groups -OCH3 is 4. The van der Waals surface area contributed by atoms with E-state index in [1.54, 1.807) is 40.7 Å². The molecule has 0 bridgehead atoms. The van der Waals surface area contributed by atoms with E-state index in [4.69, 9.17) is 23.5 Å². The minimum atomic E-state index is 0.0477. The molecule has 2 aromatic heterocycles. The maximum atomic E-state index is 5.62. The average Bonchev–Trinajstić information content (AvgIpc) is 3.48. The van der Waals surface area contributed by atoms with Crippen LogP contribution in [0, 0.1) is 0 Å². The maximum absolute atomic E-state index is 5.62. The minimum Gasteiger partial charge on any atom is -0.493 e. The van der Waals surface area contributed by atoms with Crippen molar-refractivity contribution in [1.29, 1.82) is 0 Å². The van der Waals surface area contributed by atoms with Crippen LogP contribution in [0.2, 0.25) is 0 Å². The maximum Gasteiger partial charge on any atom is 0.244 e. The molecule has 3 aromatic rings. The summed E-state index contributed by atoms with van der Waals surface area (Å²) in [6, 6.07) is 7.63. The third-order valence-corrected chi connectivity index (χ3v) is 5.40. The number of benzene rings is 1. The van der Waals surface area contributed by atoms with E-state index < -0.39 is 0 Å². The van der Waals surface area contributed by atoms with Gasteiger partial charge >= 0.3 is 0 Å². The number of pyridine rings is 1. The monoisotopic (exact) mass is 426 g/mol. The van der Waals surface area contributed by atoms with E-state index in [9.17, 15) is 0 Å². The Hall–Kier alpha value is -3.33. The normalized spacial score (nSPS) is 16.3. The number of likely N-dealkylation sites (tertiary alicyclic amines) is 1. The molecule has 1 atom stereocenters. The molecule has 1 aromatic carbocycles. The standard InChI is InChI=1S/C22H26N4O5/c1-27-17-10-14(11-18(28-2)20(17)30-4)13-26-9-5-6-16(26)22-24-21(25-31-22)15-7-8-19(29-3)23-12-15/h7-8,10-12,16H,5-6,9,13H2,1-4H3/t16-/m1/s1. The van der Waals surface area contributed by atoms with E-state index in [0.29, 0.717) is 41.4 Å². The Kier molecular flexibility index (Phi) is 6.22. The van der Waals surface area contributed by atoms with Crippen LogP contribution < -0.4 is 18.9 Å². The summed E-state index contributed by atoms with van der Waals surface area (Å²) >= 11 is 0. The van der Waals surface area contributed by atoms with Crippen LogP contribution in [0.4, 0.5) is 0 Å². The van der Waals surface area contributed by atoms with Crippen molar-refractivity contribution in [2.24, 2.45) is 0 Å². The van der Waals surface area contributed by atoms with E-state index >= 15 is 0 Å². The van der Waals surface area contributed by atoms with Gasteiger partial charge in [-0.05, 0) is 43.1 Å². The van der Waals surface area contributed by atoms with Crippen LogP contribution in [0.15, 0.2) is 35.0 Å². The van der Waals surface area contributed by atoms with Crippen molar-refractivity contribution < 1.29 is 23.5 Å². The first-order chi connectivity index (χ1) is 15.2. The smallest absolute Gasteiger partial charge is 0.244 e. The molecule has 1 saturated heterocycles. The van der Waals surface area contributed by atoms with Crippen LogP contribution in [0.1, 0.15) is 30.3 Å². The SMILES string of the molecule is COc1ccc(-c2noc([C@H]3CCCN3Cc3cc(OC)c(OC)c(OC)c3)n2)cn1. The van der Waals surface area contributed by atoms with Crippen LogP contribution >= 0.6 is 0 Å². The molecule has 0 spiro atoms. The van der Waals surface area contributed by atoms with Gasteiger partial charge in [0.25, 0.3) is 0 Å². The lowest BCUT2D eigenvalue weighted by atomic mass is 10.1. The van der Waals surface area contributed by atoms with Gasteiger partial charge in [-0.25, -0.2) is 4.98 Å². The average molecular weight is 426 g/mol. The van der Waals surface area contributed by atoms with E-state index in [1.165, 1.54) is 0 Å². The van der Waals surface area contributed by atoms with Gasteiger partial charge in [0.2, 0.25) is 23.3 Å². The van der Waals surface area contributed by atoms with Gasteiger partial charge in [-0.1, -0.05) is 5.16 Å². The number of nitrogens with zero attached hydrogens (tertiary/aromatic N) is 4. The molecule has 0 radical (unpaired) electrons. The minimum absolute atomic E-state index is 0.0477. The summed E-state index contributed by atoms with van der Waals surface area (Å²) in [5, 5.41) is 4.16. The Morgan fingerprint density at radius 2 is 1.81 bits per heavy atom. The van der Waals surface area contributed by atoms with Gasteiger partial charge in [-0.15, -0.1) is 0 Å². The fraction of sp³-hybridized carbons (Fsp3) is 0.409. The van der Waals surface area contributed by atoms with E-state index in [2.05, 4.69) is 20.0 Å². The lowest BCUT2D eigenvalue weighted by Crippen LogP contribution is -2.23. The van der Waals surface area contributed by atoms with Gasteiger partial charge in [-0.3, -0.25) is 4.90 Å². The van der Waals surface area contributed by atoms with Gasteiger partial charge in [0.1, 0.15) is 0 Å². The lowest BCUT2D eigenvalue weighted by Gasteiger charge is -2.22. The Bertz CT molecular complexity index is 996. The fourth-order valence-electron chi connectivity index (χ4n) is 3.88. The highest BCUT2D eigenvalue weighted by Crippen LogP contribution is 2.40. The highest BCUT2D eigenvalue weighted by Gasteiger charge is 2.31. The second kappa shape index (κ2) is 9.22. The van der Waals surface area contributed by atoms with E-state index in [1.807, 2.05) is 18.2 Å². The highest BCUT2D eigenvalue weighted by molar-refractivity contribution is 5.54. The molecule has 0 aliphatic carbocycles. The van der Waals surface area contributed by atoms with Crippen molar-refractivity contribution in [2.45, 2.75) is 25.4 Å². The predicted octanol–water partition coefficient (Wildman–Crippen LogP) is 3.50. The van der Waals surface area contributed by atoms with Crippen molar-refractivity contribution in [2.75, 3.05) is 35.0 Å². The molecule has 0 N–H and O–H groups in total. The molecule has 1 aliphatic rings. The summed E-state index contributed by atoms with van der Waals surface area (Å²) in [6.07, 6.45) is 3.68. The molecule has 1 fully saturated rings. The Morgan fingerprint density at radius 3 is 2.42 bits per heavy atom. The van der Waals surface area contributed by atoms with Crippen molar-refractivity contribution in [3.05, 3.63) is 41.9 Å². The number of rotatable bonds is 8. The number of hydrogen-bond acceptors (Lipinski definition) is 9. The summed E-state index contributed by atoms with van der Waals surface area (Å²) in [7, 11) is 6.42. The number of ether oxygens (including phenoxy) is 4. The first-order valence-electron chi connectivity index (χ1n) is 10.0. The van der Waals surface area contributed by atoms with Crippen molar-refractivity contribution in [3.63, 3.8) is 0 Å². The summed E-state index contributed by atoms with van der Waals surface area (Å²) in [6.45, 7) is 1.63. The molecule has 0 unspecified atom stereocenters. The molecular formula is C22H26N4O5. The topological polar surface area (TPSA) is 92.0 Å². The van der Waals surface area contributed by atoms with Gasteiger partial charge < -0.3 is 23.5 Å². The predicted molar refractivity (Wildman–Crippen MR) is 113 cm³/mol. The quantitative estimate of drug-likeness (QED) is 0.536. The molecule has 31 heavy (non-hydrogen) atoms. The van der Waals surface area contributed by atoms with Gasteiger partial charge in [-0.2, -0.15) is 4.98 Å². The van der Waals surface area contributed by atoms with Crippen LogP contribution in [-0.2, 0) is 6.54 Å². The van der Waals surface area contributed by atoms with Crippen molar-refractivity contribution in [3.8, 4) is 34.5 Å². The fourth-order valence-corrected chi connectivity index (χ4v) is 3.88. The number of aromatic nitrogens is 3.